The smallest absolute Gasteiger partial charge is 0.337 e. The van der Waals surface area contributed by atoms with Crippen molar-refractivity contribution in [3.63, 3.8) is 0 Å². The lowest BCUT2D eigenvalue weighted by Gasteiger charge is -2.32. The van der Waals surface area contributed by atoms with Crippen molar-refractivity contribution in [2.45, 2.75) is 31.9 Å². The summed E-state index contributed by atoms with van der Waals surface area (Å²) >= 11 is 1.27. The van der Waals surface area contributed by atoms with Gasteiger partial charge in [-0.3, -0.25) is 4.79 Å². The number of aromatic nitrogens is 5. The van der Waals surface area contributed by atoms with E-state index in [1.807, 2.05) is 0 Å². The molecule has 3 aromatic heterocycles. The van der Waals surface area contributed by atoms with Crippen LogP contribution in [0.25, 0.3) is 5.78 Å². The minimum absolute atomic E-state index is 0.0958. The SMILES string of the molecule is Cc1ncsc1C(=O)N1CCCC(c2cc(C(F)(F)F)n3ncnc3n2)C1. The van der Waals surface area contributed by atoms with E-state index in [2.05, 4.69) is 20.1 Å². The van der Waals surface area contributed by atoms with Gasteiger partial charge in [-0.15, -0.1) is 11.3 Å². The highest BCUT2D eigenvalue weighted by Crippen LogP contribution is 2.33. The number of fused-ring (bicyclic) bond motifs is 1. The molecule has 27 heavy (non-hydrogen) atoms. The zero-order chi connectivity index (χ0) is 19.2. The maximum atomic E-state index is 13.4. The van der Waals surface area contributed by atoms with Gasteiger partial charge in [0.15, 0.2) is 5.69 Å². The average Bonchev–Trinajstić information content (AvgIpc) is 3.28. The Morgan fingerprint density at radius 2 is 2.15 bits per heavy atom. The van der Waals surface area contributed by atoms with Gasteiger partial charge in [-0.1, -0.05) is 0 Å². The Hall–Kier alpha value is -2.56. The van der Waals surface area contributed by atoms with Crippen LogP contribution in [0.4, 0.5) is 13.2 Å². The van der Waals surface area contributed by atoms with E-state index in [1.165, 1.54) is 11.3 Å². The van der Waals surface area contributed by atoms with Gasteiger partial charge in [-0.05, 0) is 25.8 Å². The van der Waals surface area contributed by atoms with Gasteiger partial charge in [0, 0.05) is 19.0 Å². The Morgan fingerprint density at radius 1 is 1.33 bits per heavy atom. The molecule has 0 spiro atoms. The molecule has 1 fully saturated rings. The van der Waals surface area contributed by atoms with Crippen molar-refractivity contribution in [2.75, 3.05) is 13.1 Å². The monoisotopic (exact) mass is 396 g/mol. The number of aryl methyl sites for hydroxylation is 1. The van der Waals surface area contributed by atoms with Gasteiger partial charge < -0.3 is 4.90 Å². The number of hydrogen-bond acceptors (Lipinski definition) is 6. The fraction of sp³-hybridized carbons (Fsp3) is 0.438. The largest absolute Gasteiger partial charge is 0.433 e. The summed E-state index contributed by atoms with van der Waals surface area (Å²) < 4.78 is 40.9. The molecule has 4 heterocycles. The van der Waals surface area contributed by atoms with E-state index in [4.69, 9.17) is 0 Å². The first-order valence-corrected chi connectivity index (χ1v) is 9.20. The van der Waals surface area contributed by atoms with Gasteiger partial charge in [-0.25, -0.2) is 9.97 Å². The Labute approximate surface area is 155 Å². The predicted molar refractivity (Wildman–Crippen MR) is 90.5 cm³/mol. The number of carbonyl (C=O) groups excluding carboxylic acids is 1. The number of halogens is 3. The molecule has 0 radical (unpaired) electrons. The summed E-state index contributed by atoms with van der Waals surface area (Å²) in [4.78, 5) is 27.1. The van der Waals surface area contributed by atoms with Crippen LogP contribution >= 0.6 is 11.3 Å². The van der Waals surface area contributed by atoms with Crippen molar-refractivity contribution in [1.82, 2.24) is 29.5 Å². The summed E-state index contributed by atoms with van der Waals surface area (Å²) in [7, 11) is 0. The predicted octanol–water partition coefficient (Wildman–Crippen LogP) is 2.93. The number of thiazole rings is 1. The lowest BCUT2D eigenvalue weighted by atomic mass is 9.94. The Morgan fingerprint density at radius 3 is 2.85 bits per heavy atom. The summed E-state index contributed by atoms with van der Waals surface area (Å²) in [5.41, 5.74) is 1.64. The van der Waals surface area contributed by atoms with Crippen LogP contribution in [0, 0.1) is 6.92 Å². The van der Waals surface area contributed by atoms with E-state index in [0.717, 1.165) is 12.4 Å². The van der Waals surface area contributed by atoms with E-state index in [0.29, 0.717) is 41.0 Å². The molecule has 1 amide bonds. The second kappa shape index (κ2) is 6.55. The van der Waals surface area contributed by atoms with E-state index in [1.54, 1.807) is 17.3 Å². The number of likely N-dealkylation sites (tertiary alicyclic amines) is 1. The van der Waals surface area contributed by atoms with Crippen molar-refractivity contribution in [2.24, 2.45) is 0 Å². The number of piperidine rings is 1. The molecule has 1 aliphatic heterocycles. The van der Waals surface area contributed by atoms with Crippen molar-refractivity contribution < 1.29 is 18.0 Å². The first kappa shape index (κ1) is 17.8. The molecule has 1 atom stereocenters. The third kappa shape index (κ3) is 3.27. The van der Waals surface area contributed by atoms with Gasteiger partial charge in [0.2, 0.25) is 0 Å². The zero-order valence-corrected chi connectivity index (χ0v) is 15.1. The molecule has 7 nitrogen and oxygen atoms in total. The average molecular weight is 396 g/mol. The second-order valence-electron chi connectivity index (χ2n) is 6.39. The van der Waals surface area contributed by atoms with Gasteiger partial charge >= 0.3 is 6.18 Å². The molecule has 142 valence electrons. The molecule has 0 aliphatic carbocycles. The van der Waals surface area contributed by atoms with E-state index < -0.39 is 11.9 Å². The molecule has 1 saturated heterocycles. The fourth-order valence-electron chi connectivity index (χ4n) is 3.30. The number of hydrogen-bond donors (Lipinski definition) is 0. The minimum atomic E-state index is -4.58. The summed E-state index contributed by atoms with van der Waals surface area (Å²) in [5, 5.41) is 3.61. The summed E-state index contributed by atoms with van der Waals surface area (Å²) in [6, 6.07) is 1.01. The molecular weight excluding hydrogens is 381 g/mol. The van der Waals surface area contributed by atoms with Crippen LogP contribution in [0.15, 0.2) is 17.9 Å². The Balaban J connectivity index is 1.65. The van der Waals surface area contributed by atoms with Crippen molar-refractivity contribution in [3.8, 4) is 0 Å². The third-order valence-corrected chi connectivity index (χ3v) is 5.55. The molecular formula is C16H15F3N6OS. The van der Waals surface area contributed by atoms with Crippen LogP contribution in [0.5, 0.6) is 0 Å². The van der Waals surface area contributed by atoms with Gasteiger partial charge in [0.1, 0.15) is 11.2 Å². The topological polar surface area (TPSA) is 76.3 Å². The highest BCUT2D eigenvalue weighted by atomic mass is 32.1. The highest BCUT2D eigenvalue weighted by Gasteiger charge is 2.37. The maximum Gasteiger partial charge on any atom is 0.433 e. The number of carbonyl (C=O) groups is 1. The minimum Gasteiger partial charge on any atom is -0.337 e. The molecule has 0 N–H and O–H groups in total. The van der Waals surface area contributed by atoms with Crippen molar-refractivity contribution in [3.05, 3.63) is 39.9 Å². The number of nitrogens with zero attached hydrogens (tertiary/aromatic N) is 6. The number of amides is 1. The maximum absolute atomic E-state index is 13.4. The first-order chi connectivity index (χ1) is 12.8. The van der Waals surface area contributed by atoms with Gasteiger partial charge in [0.05, 0.1) is 16.9 Å². The van der Waals surface area contributed by atoms with Crippen LogP contribution in [0.3, 0.4) is 0 Å². The van der Waals surface area contributed by atoms with E-state index in [-0.39, 0.29) is 23.3 Å². The Kier molecular flexibility index (Phi) is 4.33. The van der Waals surface area contributed by atoms with Crippen LogP contribution in [-0.4, -0.2) is 48.5 Å². The summed E-state index contributed by atoms with van der Waals surface area (Å²) in [6.45, 7) is 2.64. The van der Waals surface area contributed by atoms with Crippen molar-refractivity contribution >= 4 is 23.0 Å². The van der Waals surface area contributed by atoms with Gasteiger partial charge in [-0.2, -0.15) is 27.8 Å². The first-order valence-electron chi connectivity index (χ1n) is 8.32. The molecule has 0 aromatic carbocycles. The normalized spacial score (nSPS) is 18.2. The zero-order valence-electron chi connectivity index (χ0n) is 14.3. The molecule has 0 bridgehead atoms. The third-order valence-electron chi connectivity index (χ3n) is 4.63. The van der Waals surface area contributed by atoms with Crippen LogP contribution in [-0.2, 0) is 6.18 Å². The van der Waals surface area contributed by atoms with Crippen LogP contribution in [0.1, 0.15) is 45.5 Å². The summed E-state index contributed by atoms with van der Waals surface area (Å²) in [5.74, 6) is -0.528. The van der Waals surface area contributed by atoms with Crippen LogP contribution < -0.4 is 0 Å². The molecule has 3 aromatic rings. The molecule has 11 heteroatoms. The fourth-order valence-corrected chi connectivity index (χ4v) is 4.06. The Bertz CT molecular complexity index is 998. The highest BCUT2D eigenvalue weighted by molar-refractivity contribution is 7.11. The molecule has 1 aliphatic rings. The van der Waals surface area contributed by atoms with E-state index in [9.17, 15) is 18.0 Å². The van der Waals surface area contributed by atoms with Crippen molar-refractivity contribution in [1.29, 1.82) is 0 Å². The lowest BCUT2D eigenvalue weighted by Crippen LogP contribution is -2.39. The van der Waals surface area contributed by atoms with Gasteiger partial charge in [0.25, 0.3) is 11.7 Å². The molecule has 1 unspecified atom stereocenters. The molecule has 0 saturated carbocycles. The standard InChI is InChI=1S/C16H15F3N6OS/c1-9-13(27-8-21-9)14(26)24-4-2-3-10(6-24)11-5-12(16(17,18)19)25-15(23-11)20-7-22-25/h5,7-8,10H,2-4,6H2,1H3. The quantitative estimate of drug-likeness (QED) is 0.666. The lowest BCUT2D eigenvalue weighted by molar-refractivity contribution is -0.142. The number of alkyl halides is 3. The van der Waals surface area contributed by atoms with E-state index >= 15 is 0 Å². The van der Waals surface area contributed by atoms with Crippen LogP contribution in [0.2, 0.25) is 0 Å². The summed E-state index contributed by atoms with van der Waals surface area (Å²) in [6.07, 6.45) is -2.19. The molecule has 4 rings (SSSR count). The number of rotatable bonds is 2. The second-order valence-corrected chi connectivity index (χ2v) is 7.25.